The van der Waals surface area contributed by atoms with Gasteiger partial charge in [-0.2, -0.15) is 11.8 Å². The van der Waals surface area contributed by atoms with Crippen LogP contribution in [0.15, 0.2) is 24.3 Å². The summed E-state index contributed by atoms with van der Waals surface area (Å²) in [6, 6.07) is 8.94. The van der Waals surface area contributed by atoms with Crippen LogP contribution in [0, 0.1) is 0 Å². The van der Waals surface area contributed by atoms with E-state index in [4.69, 9.17) is 4.74 Å². The number of aliphatic hydroxyl groups is 1. The van der Waals surface area contributed by atoms with Crippen molar-refractivity contribution in [1.82, 2.24) is 5.32 Å². The molecule has 2 heterocycles. The van der Waals surface area contributed by atoms with Crippen molar-refractivity contribution >= 4 is 11.8 Å². The molecule has 0 aromatic heterocycles. The van der Waals surface area contributed by atoms with Crippen molar-refractivity contribution < 1.29 is 9.84 Å². The molecule has 4 heteroatoms. The van der Waals surface area contributed by atoms with Crippen molar-refractivity contribution in [2.24, 2.45) is 0 Å². The standard InChI is InChI=1S/C14H19NO2S/c16-14(5-6-17-10-14)9-15-13-8-18-7-11-3-1-2-4-12(11)13/h1-4,13,15-16H,5-10H2. The zero-order valence-electron chi connectivity index (χ0n) is 10.4. The summed E-state index contributed by atoms with van der Waals surface area (Å²) in [5.74, 6) is 2.18. The molecule has 0 bridgehead atoms. The molecule has 2 unspecified atom stereocenters. The van der Waals surface area contributed by atoms with Crippen LogP contribution in [0.4, 0.5) is 0 Å². The molecule has 3 nitrogen and oxygen atoms in total. The van der Waals surface area contributed by atoms with Crippen LogP contribution >= 0.6 is 11.8 Å². The molecule has 2 N–H and O–H groups in total. The quantitative estimate of drug-likeness (QED) is 0.873. The Hall–Kier alpha value is -0.550. The highest BCUT2D eigenvalue weighted by Gasteiger charge is 2.33. The second-order valence-corrected chi connectivity index (χ2v) is 6.20. The molecule has 0 aliphatic carbocycles. The van der Waals surface area contributed by atoms with Gasteiger partial charge in [-0.1, -0.05) is 24.3 Å². The van der Waals surface area contributed by atoms with Crippen molar-refractivity contribution in [3.8, 4) is 0 Å². The molecule has 2 aliphatic rings. The fraction of sp³-hybridized carbons (Fsp3) is 0.571. The Bertz CT molecular complexity index is 418. The maximum absolute atomic E-state index is 10.3. The number of nitrogens with one attached hydrogen (secondary N) is 1. The van der Waals surface area contributed by atoms with Gasteiger partial charge in [0.1, 0.15) is 5.60 Å². The van der Waals surface area contributed by atoms with Crippen LogP contribution in [0.2, 0.25) is 0 Å². The molecule has 0 spiro atoms. The predicted molar refractivity (Wildman–Crippen MR) is 73.7 cm³/mol. The largest absolute Gasteiger partial charge is 0.386 e. The molecule has 1 fully saturated rings. The minimum atomic E-state index is -0.670. The zero-order valence-corrected chi connectivity index (χ0v) is 11.2. The summed E-state index contributed by atoms with van der Waals surface area (Å²) in [6.45, 7) is 1.75. The van der Waals surface area contributed by atoms with Gasteiger partial charge in [-0.25, -0.2) is 0 Å². The van der Waals surface area contributed by atoms with Crippen LogP contribution < -0.4 is 5.32 Å². The van der Waals surface area contributed by atoms with Crippen LogP contribution in [-0.4, -0.2) is 36.2 Å². The Balaban J connectivity index is 1.67. The summed E-state index contributed by atoms with van der Waals surface area (Å²) in [5, 5.41) is 13.8. The summed E-state index contributed by atoms with van der Waals surface area (Å²) in [4.78, 5) is 0. The maximum atomic E-state index is 10.3. The van der Waals surface area contributed by atoms with Gasteiger partial charge in [0.25, 0.3) is 0 Å². The van der Waals surface area contributed by atoms with Crippen molar-refractivity contribution in [1.29, 1.82) is 0 Å². The molecule has 0 amide bonds. The molecule has 18 heavy (non-hydrogen) atoms. The molecule has 0 radical (unpaired) electrons. The first kappa shape index (κ1) is 12.5. The van der Waals surface area contributed by atoms with Crippen molar-refractivity contribution in [2.75, 3.05) is 25.5 Å². The van der Waals surface area contributed by atoms with Crippen LogP contribution in [0.1, 0.15) is 23.6 Å². The maximum Gasteiger partial charge on any atom is 0.103 e. The molecule has 1 aromatic rings. The highest BCUT2D eigenvalue weighted by Crippen LogP contribution is 2.31. The average molecular weight is 265 g/mol. The molecule has 1 aromatic carbocycles. The van der Waals surface area contributed by atoms with Crippen LogP contribution in [-0.2, 0) is 10.5 Å². The van der Waals surface area contributed by atoms with Gasteiger partial charge in [-0.15, -0.1) is 0 Å². The highest BCUT2D eigenvalue weighted by atomic mass is 32.2. The number of hydrogen-bond acceptors (Lipinski definition) is 4. The fourth-order valence-corrected chi connectivity index (χ4v) is 3.73. The molecule has 1 saturated heterocycles. The fourth-order valence-electron chi connectivity index (χ4n) is 2.60. The molecule has 0 saturated carbocycles. The van der Waals surface area contributed by atoms with E-state index in [-0.39, 0.29) is 0 Å². The van der Waals surface area contributed by atoms with Gasteiger partial charge in [0.05, 0.1) is 6.61 Å². The zero-order chi connectivity index (χ0) is 12.4. The summed E-state index contributed by atoms with van der Waals surface area (Å²) in [5.41, 5.74) is 2.14. The third kappa shape index (κ3) is 2.57. The van der Waals surface area contributed by atoms with E-state index in [1.54, 1.807) is 0 Å². The first-order chi connectivity index (χ1) is 8.77. The number of fused-ring (bicyclic) bond motifs is 1. The Labute approximate surface area is 112 Å². The molecule has 3 rings (SSSR count). The van der Waals surface area contributed by atoms with E-state index in [9.17, 15) is 5.11 Å². The molecule has 2 aliphatic heterocycles. The average Bonchev–Trinajstić information content (AvgIpc) is 2.84. The topological polar surface area (TPSA) is 41.5 Å². The third-order valence-electron chi connectivity index (χ3n) is 3.73. The second kappa shape index (κ2) is 5.21. The molecular formula is C14H19NO2S. The summed E-state index contributed by atoms with van der Waals surface area (Å²) >= 11 is 1.95. The number of hydrogen-bond donors (Lipinski definition) is 2. The van der Waals surface area contributed by atoms with E-state index in [0.717, 1.165) is 17.9 Å². The van der Waals surface area contributed by atoms with Crippen LogP contribution in [0.3, 0.4) is 0 Å². The van der Waals surface area contributed by atoms with Gasteiger partial charge in [-0.3, -0.25) is 0 Å². The number of ether oxygens (including phenoxy) is 1. The normalized spacial score (nSPS) is 31.3. The van der Waals surface area contributed by atoms with Crippen molar-refractivity contribution in [3.63, 3.8) is 0 Å². The Kier molecular flexibility index (Phi) is 3.61. The summed E-state index contributed by atoms with van der Waals surface area (Å²) < 4.78 is 5.27. The molecule has 2 atom stereocenters. The Morgan fingerprint density at radius 1 is 1.44 bits per heavy atom. The lowest BCUT2D eigenvalue weighted by Crippen LogP contribution is -2.43. The van der Waals surface area contributed by atoms with E-state index >= 15 is 0 Å². The Morgan fingerprint density at radius 3 is 3.17 bits per heavy atom. The van der Waals surface area contributed by atoms with Gasteiger partial charge >= 0.3 is 0 Å². The van der Waals surface area contributed by atoms with Crippen LogP contribution in [0.5, 0.6) is 0 Å². The third-order valence-corrected chi connectivity index (χ3v) is 4.82. The number of rotatable bonds is 3. The second-order valence-electron chi connectivity index (χ2n) is 5.17. The van der Waals surface area contributed by atoms with Crippen molar-refractivity contribution in [2.45, 2.75) is 23.8 Å². The minimum Gasteiger partial charge on any atom is -0.386 e. The first-order valence-electron chi connectivity index (χ1n) is 6.46. The monoisotopic (exact) mass is 265 g/mol. The summed E-state index contributed by atoms with van der Waals surface area (Å²) in [7, 11) is 0. The van der Waals surface area contributed by atoms with Gasteiger partial charge in [0.2, 0.25) is 0 Å². The van der Waals surface area contributed by atoms with Crippen molar-refractivity contribution in [3.05, 3.63) is 35.4 Å². The number of thioether (sulfide) groups is 1. The van der Waals surface area contributed by atoms with Gasteiger partial charge in [0.15, 0.2) is 0 Å². The predicted octanol–water partition coefficient (Wildman–Crippen LogP) is 1.72. The Morgan fingerprint density at radius 2 is 2.33 bits per heavy atom. The lowest BCUT2D eigenvalue weighted by Gasteiger charge is -2.29. The van der Waals surface area contributed by atoms with Gasteiger partial charge in [0, 0.05) is 37.1 Å². The van der Waals surface area contributed by atoms with E-state index in [1.165, 1.54) is 11.1 Å². The van der Waals surface area contributed by atoms with E-state index < -0.39 is 5.60 Å². The SMILES string of the molecule is OC1(CNC2CSCc3ccccc32)CCOC1. The van der Waals surface area contributed by atoms with Crippen LogP contribution in [0.25, 0.3) is 0 Å². The lowest BCUT2D eigenvalue weighted by molar-refractivity contribution is 0.0252. The highest BCUT2D eigenvalue weighted by molar-refractivity contribution is 7.98. The molecular weight excluding hydrogens is 246 g/mol. The van der Waals surface area contributed by atoms with Gasteiger partial charge in [-0.05, 0) is 11.1 Å². The molecule has 98 valence electrons. The van der Waals surface area contributed by atoms with E-state index in [2.05, 4.69) is 29.6 Å². The summed E-state index contributed by atoms with van der Waals surface area (Å²) in [6.07, 6.45) is 0.738. The lowest BCUT2D eigenvalue weighted by atomic mass is 9.99. The van der Waals surface area contributed by atoms with E-state index in [0.29, 0.717) is 25.8 Å². The number of benzene rings is 1. The van der Waals surface area contributed by atoms with E-state index in [1.807, 2.05) is 11.8 Å². The minimum absolute atomic E-state index is 0.351. The smallest absolute Gasteiger partial charge is 0.103 e. The first-order valence-corrected chi connectivity index (χ1v) is 7.61. The van der Waals surface area contributed by atoms with Gasteiger partial charge < -0.3 is 15.2 Å².